The minimum atomic E-state index is -0.717. The summed E-state index contributed by atoms with van der Waals surface area (Å²) in [6.45, 7) is 0.120. The Morgan fingerprint density at radius 2 is 1.78 bits per heavy atom. The fourth-order valence-corrected chi connectivity index (χ4v) is 2.80. The van der Waals surface area contributed by atoms with E-state index in [0.717, 1.165) is 6.07 Å². The van der Waals surface area contributed by atoms with Crippen LogP contribution in [0.1, 0.15) is 26.3 Å². The summed E-state index contributed by atoms with van der Waals surface area (Å²) in [5.74, 6) is 0.199. The van der Waals surface area contributed by atoms with Gasteiger partial charge in [-0.2, -0.15) is 5.10 Å². The maximum Gasteiger partial charge on any atom is 0.343 e. The second-order valence-corrected chi connectivity index (χ2v) is 6.53. The van der Waals surface area contributed by atoms with Crippen LogP contribution < -0.4 is 19.6 Å². The number of hydrazone groups is 1. The smallest absolute Gasteiger partial charge is 0.343 e. The van der Waals surface area contributed by atoms with E-state index in [1.165, 1.54) is 36.5 Å². The topological polar surface area (TPSA) is 129 Å². The molecule has 10 heteroatoms. The van der Waals surface area contributed by atoms with Gasteiger partial charge in [0.15, 0.2) is 11.5 Å². The Hall–Kier alpha value is -4.73. The molecule has 32 heavy (non-hydrogen) atoms. The number of nitrogens with one attached hydrogen (secondary N) is 1. The highest BCUT2D eigenvalue weighted by molar-refractivity contribution is 5.95. The Morgan fingerprint density at radius 1 is 1.00 bits per heavy atom. The number of carbonyl (C=O) groups is 2. The molecule has 0 aromatic heterocycles. The number of benzene rings is 3. The first-order valence-corrected chi connectivity index (χ1v) is 9.29. The van der Waals surface area contributed by atoms with Gasteiger partial charge in [0.1, 0.15) is 5.75 Å². The predicted octanol–water partition coefficient (Wildman–Crippen LogP) is 3.31. The monoisotopic (exact) mass is 433 g/mol. The number of carbonyl (C=O) groups excluding carboxylic acids is 2. The van der Waals surface area contributed by atoms with Crippen LogP contribution in [-0.2, 0) is 0 Å². The summed E-state index contributed by atoms with van der Waals surface area (Å²) in [6, 6.07) is 16.4. The van der Waals surface area contributed by atoms with Crippen LogP contribution in [0.2, 0.25) is 0 Å². The van der Waals surface area contributed by atoms with Gasteiger partial charge >= 0.3 is 5.97 Å². The van der Waals surface area contributed by atoms with Crippen LogP contribution in [0.3, 0.4) is 0 Å². The van der Waals surface area contributed by atoms with Crippen molar-refractivity contribution in [2.75, 3.05) is 6.79 Å². The molecule has 1 aliphatic heterocycles. The van der Waals surface area contributed by atoms with Crippen LogP contribution in [0.5, 0.6) is 17.2 Å². The third kappa shape index (κ3) is 4.70. The molecule has 4 rings (SSSR count). The Balaban J connectivity index is 1.34. The number of amides is 1. The molecule has 3 aromatic carbocycles. The van der Waals surface area contributed by atoms with Crippen molar-refractivity contribution in [1.29, 1.82) is 0 Å². The molecular formula is C22H15N3O7. The molecule has 10 nitrogen and oxygen atoms in total. The minimum absolute atomic E-state index is 0.0658. The quantitative estimate of drug-likeness (QED) is 0.208. The lowest BCUT2D eigenvalue weighted by atomic mass is 10.2. The number of nitrogens with zero attached hydrogens (tertiary/aromatic N) is 2. The van der Waals surface area contributed by atoms with Crippen molar-refractivity contribution in [1.82, 2.24) is 5.43 Å². The minimum Gasteiger partial charge on any atom is -0.454 e. The average Bonchev–Trinajstić information content (AvgIpc) is 3.28. The molecule has 0 saturated carbocycles. The SMILES string of the molecule is O=C(N/N=C\c1ccc(OC(=O)c2cccc([N+](=O)[O-])c2)cc1)c1ccc2c(c1)OCO2. The van der Waals surface area contributed by atoms with E-state index in [9.17, 15) is 19.7 Å². The summed E-state index contributed by atoms with van der Waals surface area (Å²) in [5.41, 5.74) is 3.30. The van der Waals surface area contributed by atoms with Crippen molar-refractivity contribution >= 4 is 23.8 Å². The summed E-state index contributed by atoms with van der Waals surface area (Å²) < 4.78 is 15.7. The van der Waals surface area contributed by atoms with E-state index in [4.69, 9.17) is 14.2 Å². The molecule has 0 bridgehead atoms. The van der Waals surface area contributed by atoms with E-state index in [1.807, 2.05) is 0 Å². The van der Waals surface area contributed by atoms with Crippen LogP contribution in [0.15, 0.2) is 71.8 Å². The lowest BCUT2D eigenvalue weighted by Gasteiger charge is -2.05. The molecule has 0 atom stereocenters. The van der Waals surface area contributed by atoms with Gasteiger partial charge in [-0.25, -0.2) is 10.2 Å². The highest BCUT2D eigenvalue weighted by Crippen LogP contribution is 2.32. The van der Waals surface area contributed by atoms with Gasteiger partial charge < -0.3 is 14.2 Å². The first-order chi connectivity index (χ1) is 15.5. The highest BCUT2D eigenvalue weighted by Gasteiger charge is 2.16. The molecular weight excluding hydrogens is 418 g/mol. The van der Waals surface area contributed by atoms with Gasteiger partial charge in [0, 0.05) is 17.7 Å². The highest BCUT2D eigenvalue weighted by atomic mass is 16.7. The molecule has 1 heterocycles. The van der Waals surface area contributed by atoms with E-state index in [1.54, 1.807) is 30.3 Å². The zero-order chi connectivity index (χ0) is 22.5. The Bertz CT molecular complexity index is 1220. The molecule has 3 aromatic rings. The van der Waals surface area contributed by atoms with Crippen LogP contribution >= 0.6 is 0 Å². The lowest BCUT2D eigenvalue weighted by Crippen LogP contribution is -2.17. The number of fused-ring (bicyclic) bond motifs is 1. The van der Waals surface area contributed by atoms with Gasteiger partial charge in [-0.15, -0.1) is 0 Å². The summed E-state index contributed by atoms with van der Waals surface area (Å²) in [7, 11) is 0. The van der Waals surface area contributed by atoms with Crippen molar-refractivity contribution in [3.63, 3.8) is 0 Å². The largest absolute Gasteiger partial charge is 0.454 e. The third-order valence-corrected chi connectivity index (χ3v) is 4.40. The van der Waals surface area contributed by atoms with E-state index >= 15 is 0 Å². The van der Waals surface area contributed by atoms with Gasteiger partial charge in [0.25, 0.3) is 11.6 Å². The standard InChI is InChI=1S/C22H15N3O7/c26-21(15-6-9-19-20(11-15)31-13-30-19)24-23-12-14-4-7-18(8-5-14)32-22(27)16-2-1-3-17(10-16)25(28)29/h1-12H,13H2,(H,24,26)/b23-12-. The molecule has 0 radical (unpaired) electrons. The van der Waals surface area contributed by atoms with Gasteiger partial charge in [-0.1, -0.05) is 6.07 Å². The summed E-state index contributed by atoms with van der Waals surface area (Å²) in [5, 5.41) is 14.7. The molecule has 0 unspecified atom stereocenters. The Labute approximate surface area is 181 Å². The zero-order valence-corrected chi connectivity index (χ0v) is 16.4. The van der Waals surface area contributed by atoms with Crippen molar-refractivity contribution in [3.05, 3.63) is 93.5 Å². The summed E-state index contributed by atoms with van der Waals surface area (Å²) >= 11 is 0. The van der Waals surface area contributed by atoms with Crippen LogP contribution in [-0.4, -0.2) is 29.8 Å². The molecule has 0 fully saturated rings. The van der Waals surface area contributed by atoms with Crippen LogP contribution in [0.25, 0.3) is 0 Å². The fraction of sp³-hybridized carbons (Fsp3) is 0.0455. The molecule has 1 aliphatic rings. The van der Waals surface area contributed by atoms with Gasteiger partial charge in [0.05, 0.1) is 16.7 Å². The van der Waals surface area contributed by atoms with Crippen molar-refractivity contribution in [2.24, 2.45) is 5.10 Å². The van der Waals surface area contributed by atoms with Crippen molar-refractivity contribution in [2.45, 2.75) is 0 Å². The molecule has 1 amide bonds. The maximum atomic E-state index is 12.2. The normalized spacial score (nSPS) is 11.9. The molecule has 1 N–H and O–H groups in total. The van der Waals surface area contributed by atoms with Crippen LogP contribution in [0, 0.1) is 10.1 Å². The summed E-state index contributed by atoms with van der Waals surface area (Å²) in [6.07, 6.45) is 1.43. The first-order valence-electron chi connectivity index (χ1n) is 9.29. The number of ether oxygens (including phenoxy) is 3. The third-order valence-electron chi connectivity index (χ3n) is 4.40. The van der Waals surface area contributed by atoms with E-state index in [0.29, 0.717) is 22.6 Å². The Kier molecular flexibility index (Phi) is 5.75. The second-order valence-electron chi connectivity index (χ2n) is 6.53. The molecule has 0 saturated heterocycles. The Morgan fingerprint density at radius 3 is 2.56 bits per heavy atom. The number of nitro groups is 1. The zero-order valence-electron chi connectivity index (χ0n) is 16.4. The molecule has 0 spiro atoms. The van der Waals surface area contributed by atoms with Gasteiger partial charge in [-0.3, -0.25) is 14.9 Å². The molecule has 160 valence electrons. The maximum absolute atomic E-state index is 12.2. The first kappa shape index (κ1) is 20.5. The number of nitro benzene ring substituents is 1. The lowest BCUT2D eigenvalue weighted by molar-refractivity contribution is -0.384. The van der Waals surface area contributed by atoms with E-state index in [-0.39, 0.29) is 23.8 Å². The van der Waals surface area contributed by atoms with Gasteiger partial charge in [0.2, 0.25) is 6.79 Å². The number of hydrogen-bond acceptors (Lipinski definition) is 8. The number of hydrogen-bond donors (Lipinski definition) is 1. The van der Waals surface area contributed by atoms with Crippen molar-refractivity contribution in [3.8, 4) is 17.2 Å². The molecule has 0 aliphatic carbocycles. The fourth-order valence-electron chi connectivity index (χ4n) is 2.80. The second kappa shape index (κ2) is 8.96. The van der Waals surface area contributed by atoms with Crippen LogP contribution in [0.4, 0.5) is 5.69 Å². The average molecular weight is 433 g/mol. The van der Waals surface area contributed by atoms with Crippen molar-refractivity contribution < 1.29 is 28.7 Å². The number of rotatable bonds is 6. The summed E-state index contributed by atoms with van der Waals surface area (Å²) in [4.78, 5) is 34.6. The van der Waals surface area contributed by atoms with E-state index < -0.39 is 16.8 Å². The van der Waals surface area contributed by atoms with Gasteiger partial charge in [-0.05, 0) is 54.1 Å². The van der Waals surface area contributed by atoms with E-state index in [2.05, 4.69) is 10.5 Å². The predicted molar refractivity (Wildman–Crippen MR) is 112 cm³/mol. The number of esters is 1. The number of non-ortho nitro benzene ring substituents is 1.